The summed E-state index contributed by atoms with van der Waals surface area (Å²) in [5.74, 6) is 0.819. The Labute approximate surface area is 173 Å². The Balaban J connectivity index is 1.70. The number of nitrogens with one attached hydrogen (secondary N) is 1. The lowest BCUT2D eigenvalue weighted by molar-refractivity contribution is 0.0168. The molecule has 28 heavy (non-hydrogen) atoms. The second kappa shape index (κ2) is 8.50. The number of benzene rings is 2. The zero-order valence-corrected chi connectivity index (χ0v) is 16.8. The molecule has 1 saturated heterocycles. The number of rotatable bonds is 5. The van der Waals surface area contributed by atoms with Gasteiger partial charge >= 0.3 is 0 Å². The maximum Gasteiger partial charge on any atom is 0.136 e. The molecule has 2 aromatic carbocycles. The Morgan fingerprint density at radius 1 is 1.18 bits per heavy atom. The van der Waals surface area contributed by atoms with Gasteiger partial charge in [0.15, 0.2) is 0 Å². The lowest BCUT2D eigenvalue weighted by Gasteiger charge is -2.23. The topological polar surface area (TPSA) is 62.9 Å². The molecule has 3 aromatic rings. The van der Waals surface area contributed by atoms with E-state index in [2.05, 4.69) is 16.0 Å². The van der Waals surface area contributed by atoms with E-state index in [-0.39, 0.29) is 6.10 Å². The molecular formula is C21H20Cl2N4O. The number of imidazole rings is 1. The quantitative estimate of drug-likeness (QED) is 0.665. The largest absolute Gasteiger partial charge is 0.370 e. The van der Waals surface area contributed by atoms with Crippen molar-refractivity contribution in [3.8, 4) is 6.07 Å². The van der Waals surface area contributed by atoms with Crippen molar-refractivity contribution in [1.29, 1.82) is 5.26 Å². The molecule has 7 heteroatoms. The van der Waals surface area contributed by atoms with E-state index in [4.69, 9.17) is 32.9 Å². The molecule has 0 saturated carbocycles. The molecule has 1 N–H and O–H groups in total. The van der Waals surface area contributed by atoms with E-state index in [0.29, 0.717) is 28.8 Å². The fourth-order valence-electron chi connectivity index (χ4n) is 3.52. The van der Waals surface area contributed by atoms with Gasteiger partial charge in [-0.2, -0.15) is 5.26 Å². The molecule has 2 heterocycles. The number of fused-ring (bicyclic) bond motifs is 1. The summed E-state index contributed by atoms with van der Waals surface area (Å²) in [6, 6.07) is 13.1. The van der Waals surface area contributed by atoms with E-state index in [1.807, 2.05) is 18.2 Å². The van der Waals surface area contributed by atoms with E-state index >= 15 is 0 Å². The molecule has 0 spiro atoms. The van der Waals surface area contributed by atoms with Gasteiger partial charge < -0.3 is 14.6 Å². The van der Waals surface area contributed by atoms with Gasteiger partial charge in [0.25, 0.3) is 0 Å². The van der Waals surface area contributed by atoms with Crippen LogP contribution >= 0.6 is 23.2 Å². The lowest BCUT2D eigenvalue weighted by Crippen LogP contribution is -2.32. The molecule has 1 aliphatic heterocycles. The highest BCUT2D eigenvalue weighted by Crippen LogP contribution is 2.26. The van der Waals surface area contributed by atoms with Crippen LogP contribution in [0.3, 0.4) is 0 Å². The van der Waals surface area contributed by atoms with Crippen LogP contribution < -0.4 is 5.32 Å². The van der Waals surface area contributed by atoms with Crippen molar-refractivity contribution in [2.45, 2.75) is 32.1 Å². The highest BCUT2D eigenvalue weighted by Gasteiger charge is 2.17. The predicted molar refractivity (Wildman–Crippen MR) is 111 cm³/mol. The van der Waals surface area contributed by atoms with Gasteiger partial charge in [-0.1, -0.05) is 23.2 Å². The second-order valence-electron chi connectivity index (χ2n) is 6.93. The number of aromatic nitrogens is 2. The molecule has 144 valence electrons. The summed E-state index contributed by atoms with van der Waals surface area (Å²) in [6.07, 6.45) is 2.23. The Kier molecular flexibility index (Phi) is 5.84. The molecule has 0 bridgehead atoms. The van der Waals surface area contributed by atoms with Crippen LogP contribution in [0.15, 0.2) is 36.4 Å². The van der Waals surface area contributed by atoms with Crippen molar-refractivity contribution in [2.24, 2.45) is 0 Å². The molecular weight excluding hydrogens is 395 g/mol. The monoisotopic (exact) mass is 414 g/mol. The van der Waals surface area contributed by atoms with Crippen LogP contribution in [-0.4, -0.2) is 28.7 Å². The number of hydrogen-bond acceptors (Lipinski definition) is 4. The third-order valence-corrected chi connectivity index (χ3v) is 5.63. The van der Waals surface area contributed by atoms with Gasteiger partial charge in [0.05, 0.1) is 35.3 Å². The van der Waals surface area contributed by atoms with Crippen molar-refractivity contribution < 1.29 is 4.74 Å². The highest BCUT2D eigenvalue weighted by molar-refractivity contribution is 6.33. The van der Waals surface area contributed by atoms with E-state index < -0.39 is 0 Å². The van der Waals surface area contributed by atoms with Crippen LogP contribution in [0.4, 0.5) is 0 Å². The smallest absolute Gasteiger partial charge is 0.136 e. The first-order valence-corrected chi connectivity index (χ1v) is 10.0. The molecule has 0 amide bonds. The number of nitrogens with zero attached hydrogens (tertiary/aromatic N) is 3. The van der Waals surface area contributed by atoms with Gasteiger partial charge in [-0.3, -0.25) is 0 Å². The average molecular weight is 415 g/mol. The first-order valence-electron chi connectivity index (χ1n) is 9.29. The summed E-state index contributed by atoms with van der Waals surface area (Å²) >= 11 is 12.6. The molecule has 0 atom stereocenters. The molecule has 5 nitrogen and oxygen atoms in total. The summed E-state index contributed by atoms with van der Waals surface area (Å²) in [6.45, 7) is 2.88. The van der Waals surface area contributed by atoms with Gasteiger partial charge in [0, 0.05) is 10.0 Å². The zero-order chi connectivity index (χ0) is 19.5. The van der Waals surface area contributed by atoms with Gasteiger partial charge in [0.2, 0.25) is 0 Å². The van der Waals surface area contributed by atoms with Crippen molar-refractivity contribution in [3.63, 3.8) is 0 Å². The standard InChI is InChI=1S/C21H20Cl2N4O/c22-16-2-3-18(23)15(10-16)12-27-20-9-14(11-24)1-4-19(20)26-21(27)13-28-17-5-7-25-8-6-17/h1-4,9-10,17,25H,5-8,12-13H2. The third-order valence-electron chi connectivity index (χ3n) is 5.03. The minimum absolute atomic E-state index is 0.235. The zero-order valence-electron chi connectivity index (χ0n) is 15.3. The Morgan fingerprint density at radius 2 is 2.00 bits per heavy atom. The van der Waals surface area contributed by atoms with Crippen LogP contribution in [0.25, 0.3) is 11.0 Å². The summed E-state index contributed by atoms with van der Waals surface area (Å²) < 4.78 is 8.20. The highest BCUT2D eigenvalue weighted by atomic mass is 35.5. The van der Waals surface area contributed by atoms with Crippen LogP contribution in [0.2, 0.25) is 10.0 Å². The molecule has 1 aliphatic rings. The predicted octanol–water partition coefficient (Wildman–Crippen LogP) is 4.53. The molecule has 0 unspecified atom stereocenters. The molecule has 1 aromatic heterocycles. The Bertz CT molecular complexity index is 1030. The Morgan fingerprint density at radius 3 is 2.79 bits per heavy atom. The van der Waals surface area contributed by atoms with E-state index in [1.54, 1.807) is 18.2 Å². The van der Waals surface area contributed by atoms with Crippen molar-refractivity contribution in [1.82, 2.24) is 14.9 Å². The molecule has 1 fully saturated rings. The lowest BCUT2D eigenvalue weighted by atomic mass is 10.1. The van der Waals surface area contributed by atoms with Gasteiger partial charge in [-0.15, -0.1) is 0 Å². The fraction of sp³-hybridized carbons (Fsp3) is 0.333. The third kappa shape index (κ3) is 4.16. The minimum atomic E-state index is 0.235. The van der Waals surface area contributed by atoms with Gasteiger partial charge in [-0.05, 0) is 67.9 Å². The second-order valence-corrected chi connectivity index (χ2v) is 7.77. The van der Waals surface area contributed by atoms with Crippen LogP contribution in [0.5, 0.6) is 0 Å². The van der Waals surface area contributed by atoms with E-state index in [1.165, 1.54) is 0 Å². The minimum Gasteiger partial charge on any atom is -0.370 e. The van der Waals surface area contributed by atoms with Crippen LogP contribution in [0, 0.1) is 11.3 Å². The molecule has 0 aliphatic carbocycles. The number of halogens is 2. The van der Waals surface area contributed by atoms with E-state index in [9.17, 15) is 5.26 Å². The summed E-state index contributed by atoms with van der Waals surface area (Å²) in [5.41, 5.74) is 3.22. The van der Waals surface area contributed by atoms with Crippen LogP contribution in [0.1, 0.15) is 29.8 Å². The fourth-order valence-corrected chi connectivity index (χ4v) is 3.89. The van der Waals surface area contributed by atoms with E-state index in [0.717, 1.165) is 48.4 Å². The average Bonchev–Trinajstić information content (AvgIpc) is 3.06. The number of hydrogen-bond donors (Lipinski definition) is 1. The summed E-state index contributed by atoms with van der Waals surface area (Å²) in [5, 5.41) is 13.9. The molecule has 0 radical (unpaired) electrons. The van der Waals surface area contributed by atoms with Crippen molar-refractivity contribution in [3.05, 3.63) is 63.4 Å². The number of nitriles is 1. The van der Waals surface area contributed by atoms with Crippen LogP contribution in [-0.2, 0) is 17.9 Å². The Hall–Kier alpha value is -2.10. The normalized spacial score (nSPS) is 15.0. The molecule has 4 rings (SSSR count). The summed E-state index contributed by atoms with van der Waals surface area (Å²) in [7, 11) is 0. The number of ether oxygens (including phenoxy) is 1. The van der Waals surface area contributed by atoms with Crippen molar-refractivity contribution in [2.75, 3.05) is 13.1 Å². The van der Waals surface area contributed by atoms with Gasteiger partial charge in [-0.25, -0.2) is 4.98 Å². The summed E-state index contributed by atoms with van der Waals surface area (Å²) in [4.78, 5) is 4.76. The maximum absolute atomic E-state index is 9.29. The van der Waals surface area contributed by atoms with Gasteiger partial charge in [0.1, 0.15) is 12.4 Å². The SMILES string of the molecule is N#Cc1ccc2nc(COC3CCNCC3)n(Cc3cc(Cl)ccc3Cl)c2c1. The van der Waals surface area contributed by atoms with Crippen molar-refractivity contribution >= 4 is 34.2 Å². The number of piperidine rings is 1. The maximum atomic E-state index is 9.29. The first-order chi connectivity index (χ1) is 13.6. The first kappa shape index (κ1) is 19.2.